The van der Waals surface area contributed by atoms with Crippen LogP contribution in [0, 0.1) is 44.2 Å². The quantitative estimate of drug-likeness (QED) is 0.102. The fraction of sp³-hybridized carbons (Fsp3) is 0.138. The molecule has 0 amide bonds. The van der Waals surface area contributed by atoms with Crippen LogP contribution in [0.4, 0.5) is 28.4 Å². The number of non-ortho nitro benzene ring substituents is 1. The molecule has 4 aromatic rings. The molecule has 0 heterocycles. The number of nitro benzene ring substituents is 3. The second kappa shape index (κ2) is 13.4. The van der Waals surface area contributed by atoms with Gasteiger partial charge < -0.3 is 9.64 Å². The number of amidine groups is 1. The molecule has 0 spiro atoms. The standard InChI is InChI=1S/C22H19N5O7.C7H8/c1-14-4-8-16(9-5-14)23-22(15-6-10-18(34-3)11-7-15)24(2)21-19(26(30)31)12-17(25(28)29)13-20(21)27(32)33;1-7-5-3-2-4-6-7/h4-13H,1-3H3;2-6H,1H3. The fourth-order valence-corrected chi connectivity index (χ4v) is 3.77. The molecule has 0 bridgehead atoms. The predicted molar refractivity (Wildman–Crippen MR) is 156 cm³/mol. The van der Waals surface area contributed by atoms with Gasteiger partial charge in [0.05, 0.1) is 39.7 Å². The number of aryl methyl sites for hydroxylation is 2. The van der Waals surface area contributed by atoms with Gasteiger partial charge in [0.2, 0.25) is 5.69 Å². The van der Waals surface area contributed by atoms with E-state index in [4.69, 9.17) is 4.74 Å². The number of nitrogens with zero attached hydrogens (tertiary/aromatic N) is 5. The Kier molecular flexibility index (Phi) is 9.79. The lowest BCUT2D eigenvalue weighted by molar-refractivity contribution is -0.402. The van der Waals surface area contributed by atoms with E-state index >= 15 is 0 Å². The summed E-state index contributed by atoms with van der Waals surface area (Å²) in [5, 5.41) is 34.8. The summed E-state index contributed by atoms with van der Waals surface area (Å²) in [7, 11) is 2.87. The highest BCUT2D eigenvalue weighted by Gasteiger charge is 2.34. The molecule has 0 unspecified atom stereocenters. The van der Waals surface area contributed by atoms with Crippen molar-refractivity contribution in [3.63, 3.8) is 0 Å². The Morgan fingerprint density at radius 3 is 1.66 bits per heavy atom. The predicted octanol–water partition coefficient (Wildman–Crippen LogP) is 6.94. The van der Waals surface area contributed by atoms with Crippen LogP contribution in [0.2, 0.25) is 0 Å². The highest BCUT2D eigenvalue weighted by molar-refractivity contribution is 6.13. The number of hydrogen-bond donors (Lipinski definition) is 0. The number of nitro groups is 3. The molecular weight excluding hydrogens is 530 g/mol. The van der Waals surface area contributed by atoms with Crippen LogP contribution in [0.3, 0.4) is 0 Å². The molecule has 41 heavy (non-hydrogen) atoms. The number of rotatable bonds is 7. The van der Waals surface area contributed by atoms with Gasteiger partial charge in [-0.2, -0.15) is 0 Å². The van der Waals surface area contributed by atoms with Crippen molar-refractivity contribution in [1.82, 2.24) is 0 Å². The number of aliphatic imine (C=N–C) groups is 1. The van der Waals surface area contributed by atoms with Crippen LogP contribution in [0.25, 0.3) is 0 Å². The molecule has 0 aliphatic heterocycles. The van der Waals surface area contributed by atoms with Gasteiger partial charge in [0, 0.05) is 12.6 Å². The number of benzene rings is 4. The van der Waals surface area contributed by atoms with E-state index in [-0.39, 0.29) is 5.84 Å². The molecule has 0 radical (unpaired) electrons. The summed E-state index contributed by atoms with van der Waals surface area (Å²) < 4.78 is 5.17. The highest BCUT2D eigenvalue weighted by Crippen LogP contribution is 2.41. The third-order valence-corrected chi connectivity index (χ3v) is 5.87. The van der Waals surface area contributed by atoms with E-state index in [1.54, 1.807) is 36.4 Å². The zero-order valence-corrected chi connectivity index (χ0v) is 22.8. The maximum atomic E-state index is 11.8. The van der Waals surface area contributed by atoms with Crippen molar-refractivity contribution in [1.29, 1.82) is 0 Å². The van der Waals surface area contributed by atoms with Crippen molar-refractivity contribution < 1.29 is 19.5 Å². The molecule has 210 valence electrons. The molecule has 0 aliphatic rings. The normalized spacial score (nSPS) is 10.7. The van der Waals surface area contributed by atoms with E-state index in [1.165, 1.54) is 24.6 Å². The van der Waals surface area contributed by atoms with Gasteiger partial charge in [-0.1, -0.05) is 53.6 Å². The van der Waals surface area contributed by atoms with Crippen LogP contribution in [0.5, 0.6) is 5.75 Å². The van der Waals surface area contributed by atoms with Crippen LogP contribution in [-0.4, -0.2) is 34.8 Å². The minimum absolute atomic E-state index is 0.145. The van der Waals surface area contributed by atoms with Gasteiger partial charge in [-0.15, -0.1) is 0 Å². The first-order chi connectivity index (χ1) is 19.5. The number of anilines is 1. The van der Waals surface area contributed by atoms with E-state index < -0.39 is 37.5 Å². The van der Waals surface area contributed by atoms with Gasteiger partial charge in [-0.25, -0.2) is 4.99 Å². The maximum absolute atomic E-state index is 11.8. The molecule has 4 rings (SSSR count). The molecule has 0 N–H and O–H groups in total. The first-order valence-corrected chi connectivity index (χ1v) is 12.2. The number of methoxy groups -OCH3 is 1. The largest absolute Gasteiger partial charge is 0.497 e. The van der Waals surface area contributed by atoms with Crippen molar-refractivity contribution in [2.45, 2.75) is 13.8 Å². The average Bonchev–Trinajstić information content (AvgIpc) is 2.96. The first kappa shape index (κ1) is 29.9. The SMILES string of the molecule is COc1ccc(C(=Nc2ccc(C)cc2)N(C)c2c([N+](=O)[O-])cc([N+](=O)[O-])cc2[N+](=O)[O-])cc1.Cc1ccccc1. The summed E-state index contributed by atoms with van der Waals surface area (Å²) >= 11 is 0. The van der Waals surface area contributed by atoms with Gasteiger partial charge in [-0.05, 0) is 50.2 Å². The Bertz CT molecular complexity index is 1540. The van der Waals surface area contributed by atoms with Crippen LogP contribution in [0.15, 0.2) is 96.0 Å². The van der Waals surface area contributed by atoms with Crippen molar-refractivity contribution in [2.75, 3.05) is 19.1 Å². The molecule has 0 aromatic heterocycles. The van der Waals surface area contributed by atoms with Gasteiger partial charge in [0.1, 0.15) is 11.6 Å². The highest BCUT2D eigenvalue weighted by atomic mass is 16.6. The van der Waals surface area contributed by atoms with Gasteiger partial charge in [-0.3, -0.25) is 30.3 Å². The molecule has 0 aliphatic carbocycles. The number of hydrogen-bond acceptors (Lipinski definition) is 8. The molecule has 0 saturated heterocycles. The van der Waals surface area contributed by atoms with E-state index in [9.17, 15) is 30.3 Å². The van der Waals surface area contributed by atoms with E-state index in [1.807, 2.05) is 37.3 Å². The Hall–Kier alpha value is -5.65. The number of ether oxygens (including phenoxy) is 1. The summed E-state index contributed by atoms with van der Waals surface area (Å²) in [5.41, 5.74) is 0.477. The first-order valence-electron chi connectivity index (χ1n) is 12.2. The molecule has 4 aromatic carbocycles. The molecule has 12 nitrogen and oxygen atoms in total. The van der Waals surface area contributed by atoms with Crippen LogP contribution in [0.1, 0.15) is 16.7 Å². The Morgan fingerprint density at radius 1 is 0.732 bits per heavy atom. The van der Waals surface area contributed by atoms with E-state index in [0.29, 0.717) is 29.1 Å². The summed E-state index contributed by atoms with van der Waals surface area (Å²) in [6, 6.07) is 25.3. The lowest BCUT2D eigenvalue weighted by Gasteiger charge is -2.22. The summed E-state index contributed by atoms with van der Waals surface area (Å²) in [6.45, 7) is 3.98. The Balaban J connectivity index is 0.000000575. The van der Waals surface area contributed by atoms with Gasteiger partial charge >= 0.3 is 11.4 Å². The molecule has 0 saturated carbocycles. The average molecular weight is 558 g/mol. The molecule has 0 fully saturated rings. The van der Waals surface area contributed by atoms with Gasteiger partial charge in [0.15, 0.2) is 0 Å². The molecule has 12 heteroatoms. The molecular formula is C29H27N5O7. The summed E-state index contributed by atoms with van der Waals surface area (Å²) in [5.74, 6) is 0.694. The second-order valence-corrected chi connectivity index (χ2v) is 8.82. The zero-order valence-electron chi connectivity index (χ0n) is 22.8. The van der Waals surface area contributed by atoms with Crippen LogP contribution >= 0.6 is 0 Å². The second-order valence-electron chi connectivity index (χ2n) is 8.82. The van der Waals surface area contributed by atoms with E-state index in [0.717, 1.165) is 5.56 Å². The monoisotopic (exact) mass is 557 g/mol. The minimum atomic E-state index is -0.922. The third-order valence-electron chi connectivity index (χ3n) is 5.87. The fourth-order valence-electron chi connectivity index (χ4n) is 3.77. The Labute approximate surface area is 235 Å². The summed E-state index contributed by atoms with van der Waals surface area (Å²) in [6.07, 6.45) is 0. The smallest absolute Gasteiger partial charge is 0.306 e. The summed E-state index contributed by atoms with van der Waals surface area (Å²) in [4.78, 5) is 37.9. The molecule has 0 atom stereocenters. The van der Waals surface area contributed by atoms with Crippen molar-refractivity contribution in [3.8, 4) is 5.75 Å². The van der Waals surface area contributed by atoms with Crippen molar-refractivity contribution in [3.05, 3.63) is 138 Å². The maximum Gasteiger partial charge on any atom is 0.306 e. The van der Waals surface area contributed by atoms with Crippen LogP contribution < -0.4 is 9.64 Å². The lowest BCUT2D eigenvalue weighted by Crippen LogP contribution is -2.28. The third kappa shape index (κ3) is 7.69. The van der Waals surface area contributed by atoms with Crippen molar-refractivity contribution in [2.24, 2.45) is 4.99 Å². The zero-order chi connectivity index (χ0) is 30.1. The minimum Gasteiger partial charge on any atom is -0.497 e. The van der Waals surface area contributed by atoms with Gasteiger partial charge in [0.25, 0.3) is 5.69 Å². The van der Waals surface area contributed by atoms with Crippen LogP contribution in [-0.2, 0) is 0 Å². The topological polar surface area (TPSA) is 154 Å². The Morgan fingerprint density at radius 2 is 1.24 bits per heavy atom. The van der Waals surface area contributed by atoms with E-state index in [2.05, 4.69) is 24.0 Å². The van der Waals surface area contributed by atoms with Crippen molar-refractivity contribution >= 4 is 34.3 Å². The lowest BCUT2D eigenvalue weighted by atomic mass is 10.1.